The maximum atomic E-state index is 12.3. The molecule has 0 atom stereocenters. The largest absolute Gasteiger partial charge is 0.497 e. The van der Waals surface area contributed by atoms with E-state index in [9.17, 15) is 14.9 Å². The Balaban J connectivity index is 1.71. The Bertz CT molecular complexity index is 1040. The predicted molar refractivity (Wildman–Crippen MR) is 110 cm³/mol. The number of hydrogen-bond acceptors (Lipinski definition) is 7. The van der Waals surface area contributed by atoms with Gasteiger partial charge in [-0.2, -0.15) is 0 Å². The van der Waals surface area contributed by atoms with Crippen LogP contribution in [0.4, 0.5) is 11.4 Å². The number of methoxy groups -OCH3 is 1. The third kappa shape index (κ3) is 4.91. The van der Waals surface area contributed by atoms with Crippen molar-refractivity contribution in [1.29, 1.82) is 0 Å². The lowest BCUT2D eigenvalue weighted by atomic mass is 10.2. The molecule has 0 fully saturated rings. The lowest BCUT2D eigenvalue weighted by Crippen LogP contribution is -2.14. The molecule has 150 valence electrons. The number of anilines is 1. The van der Waals surface area contributed by atoms with Crippen LogP contribution in [0.3, 0.4) is 0 Å². The molecular formula is C19H19N5O4S. The number of amides is 1. The summed E-state index contributed by atoms with van der Waals surface area (Å²) in [6, 6.07) is 13.3. The minimum absolute atomic E-state index is 0.0139. The van der Waals surface area contributed by atoms with Crippen molar-refractivity contribution in [3.8, 4) is 17.1 Å². The Morgan fingerprint density at radius 2 is 2.03 bits per heavy atom. The molecule has 1 heterocycles. The molecule has 0 radical (unpaired) electrons. The minimum Gasteiger partial charge on any atom is -0.497 e. The second kappa shape index (κ2) is 9.20. The number of nitrogens with zero attached hydrogens (tertiary/aromatic N) is 4. The lowest BCUT2D eigenvalue weighted by Gasteiger charge is -2.08. The highest BCUT2D eigenvalue weighted by Gasteiger charge is 2.16. The number of aromatic nitrogens is 3. The second-order valence-corrected chi connectivity index (χ2v) is 6.87. The topological polar surface area (TPSA) is 112 Å². The van der Waals surface area contributed by atoms with Gasteiger partial charge in [-0.1, -0.05) is 30.0 Å². The fraction of sp³-hybridized carbons (Fsp3) is 0.211. The number of ether oxygens (including phenoxy) is 1. The first-order valence-corrected chi connectivity index (χ1v) is 9.75. The van der Waals surface area contributed by atoms with Gasteiger partial charge >= 0.3 is 0 Å². The number of rotatable bonds is 8. The molecule has 3 aromatic rings. The molecule has 0 unspecified atom stereocenters. The maximum Gasteiger partial charge on any atom is 0.270 e. The van der Waals surface area contributed by atoms with E-state index in [4.69, 9.17) is 4.74 Å². The summed E-state index contributed by atoms with van der Waals surface area (Å²) in [5.41, 5.74) is 1.23. The summed E-state index contributed by atoms with van der Waals surface area (Å²) in [5.74, 6) is 1.13. The Morgan fingerprint density at radius 3 is 2.76 bits per heavy atom. The number of non-ortho nitro benzene ring substituents is 1. The number of thioether (sulfide) groups is 1. The molecule has 1 N–H and O–H groups in total. The first-order chi connectivity index (χ1) is 14.0. The molecule has 3 rings (SSSR count). The highest BCUT2D eigenvalue weighted by atomic mass is 32.2. The standard InChI is InChI=1S/C19H19N5O4S/c1-3-23-18(13-6-4-8-15(10-13)24(26)27)21-22-19(23)29-12-17(25)20-14-7-5-9-16(11-14)28-2/h4-11H,3,12H2,1-2H3,(H,20,25). The molecule has 0 aliphatic heterocycles. The molecule has 0 aliphatic carbocycles. The summed E-state index contributed by atoms with van der Waals surface area (Å²) in [7, 11) is 1.56. The Morgan fingerprint density at radius 1 is 1.24 bits per heavy atom. The molecule has 9 nitrogen and oxygen atoms in total. The van der Waals surface area contributed by atoms with Crippen LogP contribution in [-0.4, -0.2) is 38.5 Å². The summed E-state index contributed by atoms with van der Waals surface area (Å²) in [4.78, 5) is 22.8. The van der Waals surface area contributed by atoms with E-state index in [1.165, 1.54) is 23.9 Å². The van der Waals surface area contributed by atoms with Crippen molar-refractivity contribution in [2.75, 3.05) is 18.2 Å². The van der Waals surface area contributed by atoms with E-state index in [0.717, 1.165) is 0 Å². The molecule has 0 saturated heterocycles. The van der Waals surface area contributed by atoms with E-state index in [2.05, 4.69) is 15.5 Å². The van der Waals surface area contributed by atoms with E-state index in [1.54, 1.807) is 43.5 Å². The van der Waals surface area contributed by atoms with Crippen molar-refractivity contribution in [2.24, 2.45) is 0 Å². The van der Waals surface area contributed by atoms with E-state index < -0.39 is 4.92 Å². The smallest absolute Gasteiger partial charge is 0.270 e. The van der Waals surface area contributed by atoms with Gasteiger partial charge in [0.1, 0.15) is 5.75 Å². The van der Waals surface area contributed by atoms with Crippen molar-refractivity contribution in [3.63, 3.8) is 0 Å². The van der Waals surface area contributed by atoms with Crippen LogP contribution < -0.4 is 10.1 Å². The second-order valence-electron chi connectivity index (χ2n) is 5.93. The normalized spacial score (nSPS) is 10.6. The number of nitro groups is 1. The van der Waals surface area contributed by atoms with E-state index in [-0.39, 0.29) is 17.3 Å². The number of nitrogens with one attached hydrogen (secondary N) is 1. The van der Waals surface area contributed by atoms with E-state index >= 15 is 0 Å². The van der Waals surface area contributed by atoms with Gasteiger partial charge in [0.25, 0.3) is 5.69 Å². The third-order valence-corrected chi connectivity index (χ3v) is 5.00. The van der Waals surface area contributed by atoms with Crippen molar-refractivity contribution in [1.82, 2.24) is 14.8 Å². The lowest BCUT2D eigenvalue weighted by molar-refractivity contribution is -0.384. The van der Waals surface area contributed by atoms with Crippen LogP contribution in [0.15, 0.2) is 53.7 Å². The number of benzene rings is 2. The van der Waals surface area contributed by atoms with Crippen LogP contribution in [0.25, 0.3) is 11.4 Å². The van der Waals surface area contributed by atoms with Gasteiger partial charge < -0.3 is 14.6 Å². The van der Waals surface area contributed by atoms with E-state index in [1.807, 2.05) is 11.5 Å². The van der Waals surface area contributed by atoms with Crippen molar-refractivity contribution >= 4 is 29.0 Å². The molecule has 29 heavy (non-hydrogen) atoms. The van der Waals surface area contributed by atoms with Gasteiger partial charge in [-0.15, -0.1) is 10.2 Å². The van der Waals surface area contributed by atoms with Gasteiger partial charge in [0, 0.05) is 36.0 Å². The Labute approximate surface area is 171 Å². The fourth-order valence-electron chi connectivity index (χ4n) is 2.68. The first-order valence-electron chi connectivity index (χ1n) is 8.76. The average molecular weight is 413 g/mol. The summed E-state index contributed by atoms with van der Waals surface area (Å²) < 4.78 is 6.97. The van der Waals surface area contributed by atoms with Crippen molar-refractivity contribution < 1.29 is 14.5 Å². The number of carbonyl (C=O) groups is 1. The first kappa shape index (κ1) is 20.3. The molecule has 0 bridgehead atoms. The molecule has 2 aromatic carbocycles. The highest BCUT2D eigenvalue weighted by Crippen LogP contribution is 2.26. The number of hydrogen-bond donors (Lipinski definition) is 1. The maximum absolute atomic E-state index is 12.3. The summed E-state index contributed by atoms with van der Waals surface area (Å²) in [6.45, 7) is 2.48. The number of carbonyl (C=O) groups excluding carboxylic acids is 1. The third-order valence-electron chi connectivity index (χ3n) is 4.03. The Kier molecular flexibility index (Phi) is 6.45. The monoisotopic (exact) mass is 413 g/mol. The highest BCUT2D eigenvalue weighted by molar-refractivity contribution is 7.99. The van der Waals surface area contributed by atoms with Gasteiger partial charge in [-0.25, -0.2) is 0 Å². The summed E-state index contributed by atoms with van der Waals surface area (Å²) in [6.07, 6.45) is 0. The van der Waals surface area contributed by atoms with E-state index in [0.29, 0.717) is 34.5 Å². The van der Waals surface area contributed by atoms with Crippen LogP contribution >= 0.6 is 11.8 Å². The predicted octanol–water partition coefficient (Wildman–Crippen LogP) is 3.61. The number of nitro benzene ring substituents is 1. The van der Waals surface area contributed by atoms with Gasteiger partial charge in [-0.05, 0) is 19.1 Å². The van der Waals surface area contributed by atoms with Gasteiger partial charge in [0.15, 0.2) is 11.0 Å². The zero-order chi connectivity index (χ0) is 20.8. The van der Waals surface area contributed by atoms with Gasteiger partial charge in [0.05, 0.1) is 17.8 Å². The summed E-state index contributed by atoms with van der Waals surface area (Å²) in [5, 5.41) is 22.7. The minimum atomic E-state index is -0.450. The van der Waals surface area contributed by atoms with Crippen molar-refractivity contribution in [3.05, 3.63) is 58.6 Å². The van der Waals surface area contributed by atoms with Crippen LogP contribution in [0, 0.1) is 10.1 Å². The average Bonchev–Trinajstić information content (AvgIpc) is 3.15. The molecular weight excluding hydrogens is 394 g/mol. The van der Waals surface area contributed by atoms with Gasteiger partial charge in [0.2, 0.25) is 5.91 Å². The van der Waals surface area contributed by atoms with Crippen molar-refractivity contribution in [2.45, 2.75) is 18.6 Å². The zero-order valence-corrected chi connectivity index (χ0v) is 16.7. The molecule has 10 heteroatoms. The van der Waals surface area contributed by atoms with Crippen LogP contribution in [-0.2, 0) is 11.3 Å². The molecule has 1 aromatic heterocycles. The molecule has 1 amide bonds. The van der Waals surface area contributed by atoms with Gasteiger partial charge in [-0.3, -0.25) is 14.9 Å². The molecule has 0 spiro atoms. The Hall–Kier alpha value is -3.40. The molecule has 0 saturated carbocycles. The fourth-order valence-corrected chi connectivity index (χ4v) is 3.48. The van der Waals surface area contributed by atoms with Crippen LogP contribution in [0.2, 0.25) is 0 Å². The SMILES string of the molecule is CCn1c(SCC(=O)Nc2cccc(OC)c2)nnc1-c1cccc([N+](=O)[O-])c1. The quantitative estimate of drug-likeness (QED) is 0.341. The van der Waals surface area contributed by atoms with Crippen LogP contribution in [0.5, 0.6) is 5.75 Å². The summed E-state index contributed by atoms with van der Waals surface area (Å²) >= 11 is 1.25. The zero-order valence-electron chi connectivity index (χ0n) is 15.9. The molecule has 0 aliphatic rings. The van der Waals surface area contributed by atoms with Crippen LogP contribution in [0.1, 0.15) is 6.92 Å².